The van der Waals surface area contributed by atoms with Crippen LogP contribution in [0.1, 0.15) is 35.6 Å². The molecule has 172 valence electrons. The lowest BCUT2D eigenvalue weighted by Crippen LogP contribution is -2.34. The first-order valence-corrected chi connectivity index (χ1v) is 9.63. The summed E-state index contributed by atoms with van der Waals surface area (Å²) in [5, 5.41) is 12.7. The number of benzene rings is 3. The van der Waals surface area contributed by atoms with Gasteiger partial charge in [-0.15, -0.1) is 0 Å². The number of hydrogen-bond acceptors (Lipinski definition) is 3. The van der Waals surface area contributed by atoms with Gasteiger partial charge in [0.15, 0.2) is 0 Å². The summed E-state index contributed by atoms with van der Waals surface area (Å²) in [7, 11) is 0. The molecular weight excluding hydrogens is 436 g/mol. The molecule has 32 heavy (non-hydrogen) atoms. The van der Waals surface area contributed by atoms with Crippen molar-refractivity contribution in [1.82, 2.24) is 0 Å². The Morgan fingerprint density at radius 3 is 1.94 bits per heavy atom. The number of halogens is 6. The third-order valence-electron chi connectivity index (χ3n) is 5.08. The number of fused-ring (bicyclic) bond motifs is 1. The van der Waals surface area contributed by atoms with E-state index in [1.165, 1.54) is 6.92 Å². The van der Waals surface area contributed by atoms with Crippen LogP contribution in [0.5, 0.6) is 0 Å². The summed E-state index contributed by atoms with van der Waals surface area (Å²) in [5.74, 6) is 0. The number of ether oxygens (including phenoxy) is 1. The molecule has 0 saturated heterocycles. The van der Waals surface area contributed by atoms with Crippen molar-refractivity contribution in [3.8, 4) is 0 Å². The summed E-state index contributed by atoms with van der Waals surface area (Å²) in [6.07, 6.45) is -11.2. The number of hydrogen-bond donors (Lipinski definition) is 2. The van der Waals surface area contributed by atoms with Gasteiger partial charge >= 0.3 is 12.4 Å². The van der Waals surface area contributed by atoms with Crippen molar-refractivity contribution in [2.75, 3.05) is 0 Å². The number of alkyl halides is 6. The third-order valence-corrected chi connectivity index (χ3v) is 5.08. The molecule has 0 bridgehead atoms. The summed E-state index contributed by atoms with van der Waals surface area (Å²) >= 11 is 0. The summed E-state index contributed by atoms with van der Waals surface area (Å²) in [6, 6.07) is 14.1. The van der Waals surface area contributed by atoms with Gasteiger partial charge in [0.25, 0.3) is 0 Å². The molecular formula is C23H21F6NO2. The molecule has 3 nitrogen and oxygen atoms in total. The van der Waals surface area contributed by atoms with Crippen LogP contribution in [0.2, 0.25) is 0 Å². The number of aliphatic hydroxyl groups is 1. The van der Waals surface area contributed by atoms with Gasteiger partial charge in [-0.2, -0.15) is 26.3 Å². The molecule has 3 aromatic carbocycles. The molecule has 0 radical (unpaired) electrons. The molecule has 0 spiro atoms. The Hall–Kier alpha value is -2.62. The fourth-order valence-corrected chi connectivity index (χ4v) is 3.40. The van der Waals surface area contributed by atoms with Gasteiger partial charge in [-0.25, -0.2) is 0 Å². The van der Waals surface area contributed by atoms with Crippen LogP contribution in [0.3, 0.4) is 0 Å². The summed E-state index contributed by atoms with van der Waals surface area (Å²) in [6.45, 7) is 0.925. The highest BCUT2D eigenvalue weighted by molar-refractivity contribution is 5.83. The molecule has 3 rings (SSSR count). The minimum atomic E-state index is -4.95. The van der Waals surface area contributed by atoms with E-state index in [1.807, 2.05) is 30.3 Å². The minimum Gasteiger partial charge on any atom is -0.385 e. The predicted octanol–water partition coefficient (Wildman–Crippen LogP) is 5.98. The Bertz CT molecular complexity index is 1060. The van der Waals surface area contributed by atoms with Gasteiger partial charge in [0.1, 0.15) is 6.23 Å². The summed E-state index contributed by atoms with van der Waals surface area (Å²) in [4.78, 5) is 0. The van der Waals surface area contributed by atoms with Gasteiger partial charge in [0.2, 0.25) is 0 Å². The second-order valence-corrected chi connectivity index (χ2v) is 7.80. The first kappa shape index (κ1) is 24.0. The highest BCUT2D eigenvalue weighted by Crippen LogP contribution is 2.36. The SMILES string of the molecule is CC(O)(CC(N)OCc1cc(C(F)(F)F)cc(C(F)(F)F)c1)c1ccc2ccccc2c1. The minimum absolute atomic E-state index is 0.0495. The van der Waals surface area contributed by atoms with Crippen LogP contribution in [-0.4, -0.2) is 11.3 Å². The standard InChI is InChI=1S/C23H21F6NO2/c1-21(31,17-7-6-15-4-2-3-5-16(15)10-17)12-20(30)32-13-14-8-18(22(24,25)26)11-19(9-14)23(27,28)29/h2-11,20,31H,12-13,30H2,1H3. The average molecular weight is 457 g/mol. The molecule has 0 aromatic heterocycles. The van der Waals surface area contributed by atoms with E-state index in [1.54, 1.807) is 12.1 Å². The van der Waals surface area contributed by atoms with Crippen LogP contribution >= 0.6 is 0 Å². The van der Waals surface area contributed by atoms with Crippen molar-refractivity contribution in [3.05, 3.63) is 82.9 Å². The zero-order valence-electron chi connectivity index (χ0n) is 17.0. The molecule has 3 N–H and O–H groups in total. The molecule has 0 fully saturated rings. The molecule has 3 aromatic rings. The number of nitrogens with two attached hydrogens (primary N) is 1. The fourth-order valence-electron chi connectivity index (χ4n) is 3.40. The largest absolute Gasteiger partial charge is 0.416 e. The van der Waals surface area contributed by atoms with Gasteiger partial charge < -0.3 is 15.6 Å². The van der Waals surface area contributed by atoms with Gasteiger partial charge in [0, 0.05) is 6.42 Å². The second kappa shape index (κ2) is 8.73. The predicted molar refractivity (Wildman–Crippen MR) is 107 cm³/mol. The van der Waals surface area contributed by atoms with Crippen molar-refractivity contribution in [2.24, 2.45) is 5.73 Å². The molecule has 0 aliphatic heterocycles. The Morgan fingerprint density at radius 2 is 1.38 bits per heavy atom. The smallest absolute Gasteiger partial charge is 0.385 e. The zero-order chi connectivity index (χ0) is 23.7. The van der Waals surface area contributed by atoms with E-state index < -0.39 is 41.9 Å². The van der Waals surface area contributed by atoms with E-state index in [0.717, 1.165) is 10.8 Å². The van der Waals surface area contributed by atoms with Crippen molar-refractivity contribution in [3.63, 3.8) is 0 Å². The van der Waals surface area contributed by atoms with Crippen molar-refractivity contribution < 1.29 is 36.2 Å². The second-order valence-electron chi connectivity index (χ2n) is 7.80. The van der Waals surface area contributed by atoms with Crippen LogP contribution in [0.15, 0.2) is 60.7 Å². The summed E-state index contributed by atoms with van der Waals surface area (Å²) < 4.78 is 83.2. The van der Waals surface area contributed by atoms with Gasteiger partial charge in [-0.1, -0.05) is 36.4 Å². The topological polar surface area (TPSA) is 55.5 Å². The van der Waals surface area contributed by atoms with Crippen LogP contribution in [0, 0.1) is 0 Å². The Morgan fingerprint density at radius 1 is 0.812 bits per heavy atom. The normalized spacial score (nSPS) is 15.5. The first-order valence-electron chi connectivity index (χ1n) is 9.63. The maximum atomic E-state index is 13.0. The van der Waals surface area contributed by atoms with E-state index >= 15 is 0 Å². The van der Waals surface area contributed by atoms with Crippen LogP contribution in [0.4, 0.5) is 26.3 Å². The number of rotatable bonds is 6. The van der Waals surface area contributed by atoms with E-state index in [0.29, 0.717) is 17.7 Å². The Labute approximate surface area is 180 Å². The quantitative estimate of drug-likeness (QED) is 0.354. The maximum absolute atomic E-state index is 13.0. The Kier molecular flexibility index (Phi) is 6.55. The lowest BCUT2D eigenvalue weighted by molar-refractivity contribution is -0.143. The lowest BCUT2D eigenvalue weighted by atomic mass is 9.90. The van der Waals surface area contributed by atoms with E-state index in [-0.39, 0.29) is 18.1 Å². The maximum Gasteiger partial charge on any atom is 0.416 e. The van der Waals surface area contributed by atoms with Crippen LogP contribution in [-0.2, 0) is 29.3 Å². The molecule has 2 atom stereocenters. The summed E-state index contributed by atoms with van der Waals surface area (Å²) in [5.41, 5.74) is 1.81. The molecule has 0 aliphatic rings. The van der Waals surface area contributed by atoms with Gasteiger partial charge in [-0.05, 0) is 53.1 Å². The highest BCUT2D eigenvalue weighted by Gasteiger charge is 2.37. The van der Waals surface area contributed by atoms with Crippen LogP contribution < -0.4 is 5.73 Å². The Balaban J connectivity index is 1.73. The van der Waals surface area contributed by atoms with E-state index in [4.69, 9.17) is 10.5 Å². The van der Waals surface area contributed by atoms with Crippen molar-refractivity contribution in [1.29, 1.82) is 0 Å². The zero-order valence-corrected chi connectivity index (χ0v) is 17.0. The molecule has 0 aliphatic carbocycles. The van der Waals surface area contributed by atoms with E-state index in [2.05, 4.69) is 0 Å². The van der Waals surface area contributed by atoms with Gasteiger partial charge in [0.05, 0.1) is 23.3 Å². The van der Waals surface area contributed by atoms with Crippen molar-refractivity contribution >= 4 is 10.8 Å². The highest BCUT2D eigenvalue weighted by atomic mass is 19.4. The third kappa shape index (κ3) is 5.79. The van der Waals surface area contributed by atoms with E-state index in [9.17, 15) is 31.4 Å². The molecule has 0 saturated carbocycles. The van der Waals surface area contributed by atoms with Crippen molar-refractivity contribution in [2.45, 2.75) is 44.1 Å². The fraction of sp³-hybridized carbons (Fsp3) is 0.304. The molecule has 2 unspecified atom stereocenters. The molecule has 0 heterocycles. The first-order chi connectivity index (χ1) is 14.8. The van der Waals surface area contributed by atoms with Gasteiger partial charge in [-0.3, -0.25) is 0 Å². The lowest BCUT2D eigenvalue weighted by Gasteiger charge is -2.27. The monoisotopic (exact) mass is 457 g/mol. The molecule has 0 amide bonds. The molecule has 9 heteroatoms. The average Bonchev–Trinajstić information content (AvgIpc) is 2.70. The van der Waals surface area contributed by atoms with Crippen LogP contribution in [0.25, 0.3) is 10.8 Å².